The number of halogens is 1. The molecule has 0 amide bonds. The first-order chi connectivity index (χ1) is 9.76. The molecule has 114 valence electrons. The highest BCUT2D eigenvalue weighted by Gasteiger charge is 2.11. The van der Waals surface area contributed by atoms with Crippen molar-refractivity contribution in [2.75, 3.05) is 0 Å². The molecule has 21 heavy (non-hydrogen) atoms. The van der Waals surface area contributed by atoms with Gasteiger partial charge < -0.3 is 5.32 Å². The zero-order chi connectivity index (χ0) is 15.6. The Morgan fingerprint density at radius 3 is 2.67 bits per heavy atom. The highest BCUT2D eigenvalue weighted by atomic mass is 35.5. The largest absolute Gasteiger partial charge is 0.343 e. The molecule has 0 saturated heterocycles. The van der Waals surface area contributed by atoms with Gasteiger partial charge in [-0.1, -0.05) is 17.7 Å². The molecule has 0 fully saturated rings. The maximum absolute atomic E-state index is 11.3. The number of H-pyrrole nitrogens is 1. The predicted octanol–water partition coefficient (Wildman–Crippen LogP) is 2.80. The molecular formula is C14H19ClN4OS. The number of aromatic nitrogens is 3. The summed E-state index contributed by atoms with van der Waals surface area (Å²) >= 11 is 7.68. The number of aromatic amines is 1. The van der Waals surface area contributed by atoms with E-state index < -0.39 is 0 Å². The molecule has 2 N–H and O–H groups in total. The first-order valence-corrected chi connectivity index (χ1v) is 7.78. The van der Waals surface area contributed by atoms with Crippen molar-refractivity contribution in [3.63, 3.8) is 0 Å². The van der Waals surface area contributed by atoms with Gasteiger partial charge in [0.25, 0.3) is 0 Å². The molecule has 1 aromatic heterocycles. The van der Waals surface area contributed by atoms with Gasteiger partial charge >= 0.3 is 5.69 Å². The van der Waals surface area contributed by atoms with Crippen LogP contribution in [0.4, 0.5) is 0 Å². The molecule has 0 bridgehead atoms. The molecule has 1 heterocycles. The molecule has 5 nitrogen and oxygen atoms in total. The molecule has 2 aromatic rings. The molecular weight excluding hydrogens is 308 g/mol. The lowest BCUT2D eigenvalue weighted by molar-refractivity contribution is 0.424. The summed E-state index contributed by atoms with van der Waals surface area (Å²) in [6.45, 7) is 7.12. The number of nitrogens with zero attached hydrogens (tertiary/aromatic N) is 2. The molecule has 0 unspecified atom stereocenters. The summed E-state index contributed by atoms with van der Waals surface area (Å²) in [5.74, 6) is 0. The summed E-state index contributed by atoms with van der Waals surface area (Å²) in [6.07, 6.45) is 0. The number of nitrogens with one attached hydrogen (secondary N) is 2. The summed E-state index contributed by atoms with van der Waals surface area (Å²) < 4.78 is 1.45. The summed E-state index contributed by atoms with van der Waals surface area (Å²) in [6, 6.07) is 5.91. The first-order valence-electron chi connectivity index (χ1n) is 6.59. The quantitative estimate of drug-likeness (QED) is 0.907. The lowest BCUT2D eigenvalue weighted by Crippen LogP contribution is -2.35. The number of benzene rings is 1. The van der Waals surface area contributed by atoms with Gasteiger partial charge in [0.1, 0.15) is 0 Å². The first kappa shape index (κ1) is 16.1. The molecule has 2 rings (SSSR count). The second-order valence-electron chi connectivity index (χ2n) is 5.84. The maximum atomic E-state index is 11.3. The van der Waals surface area contributed by atoms with Crippen LogP contribution in [0.3, 0.4) is 0 Å². The zero-order valence-electron chi connectivity index (χ0n) is 12.5. The topological polar surface area (TPSA) is 62.7 Å². The Labute approximate surface area is 133 Å². The van der Waals surface area contributed by atoms with E-state index >= 15 is 0 Å². The average Bonchev–Trinajstić information content (AvgIpc) is 2.70. The fourth-order valence-electron chi connectivity index (χ4n) is 1.63. The normalized spacial score (nSPS) is 11.9. The van der Waals surface area contributed by atoms with Crippen LogP contribution in [0.5, 0.6) is 0 Å². The van der Waals surface area contributed by atoms with Gasteiger partial charge in [0.15, 0.2) is 5.16 Å². The van der Waals surface area contributed by atoms with Crippen molar-refractivity contribution in [1.82, 2.24) is 20.1 Å². The molecule has 0 aliphatic heterocycles. The van der Waals surface area contributed by atoms with Gasteiger partial charge in [-0.05, 0) is 50.2 Å². The van der Waals surface area contributed by atoms with Crippen molar-refractivity contribution in [3.8, 4) is 0 Å². The molecule has 0 spiro atoms. The Bertz CT molecular complexity index is 687. The van der Waals surface area contributed by atoms with E-state index in [4.69, 9.17) is 11.6 Å². The van der Waals surface area contributed by atoms with Gasteiger partial charge in [-0.3, -0.25) is 4.57 Å². The Morgan fingerprint density at radius 1 is 1.43 bits per heavy atom. The van der Waals surface area contributed by atoms with Crippen molar-refractivity contribution < 1.29 is 0 Å². The standard InChI is InChI=1S/C14H19ClN4OS/c1-14(2,3)16-8-9-5-6-11(10(15)7-9)21-13-18-17-12(20)19(13)4/h5-7,16H,8H2,1-4H3,(H,17,20). The summed E-state index contributed by atoms with van der Waals surface area (Å²) in [4.78, 5) is 12.2. The van der Waals surface area contributed by atoms with Gasteiger partial charge in [0.05, 0.1) is 5.02 Å². The van der Waals surface area contributed by atoms with Crippen molar-refractivity contribution in [1.29, 1.82) is 0 Å². The van der Waals surface area contributed by atoms with Crippen molar-refractivity contribution in [3.05, 3.63) is 39.3 Å². The summed E-state index contributed by atoms with van der Waals surface area (Å²) in [5.41, 5.74) is 0.947. The van der Waals surface area contributed by atoms with Crippen LogP contribution in [-0.4, -0.2) is 20.3 Å². The molecule has 0 aliphatic carbocycles. The van der Waals surface area contributed by atoms with Crippen molar-refractivity contribution >= 4 is 23.4 Å². The highest BCUT2D eigenvalue weighted by molar-refractivity contribution is 7.99. The number of hydrogen-bond donors (Lipinski definition) is 2. The average molecular weight is 327 g/mol. The van der Waals surface area contributed by atoms with Gasteiger partial charge in [0.2, 0.25) is 0 Å². The highest BCUT2D eigenvalue weighted by Crippen LogP contribution is 2.32. The van der Waals surface area contributed by atoms with Crippen LogP contribution in [0.1, 0.15) is 26.3 Å². The van der Waals surface area contributed by atoms with E-state index in [1.165, 1.54) is 16.3 Å². The fourth-order valence-corrected chi connectivity index (χ4v) is 2.75. The Hall–Kier alpha value is -1.24. The number of rotatable bonds is 4. The van der Waals surface area contributed by atoms with Gasteiger partial charge in [-0.2, -0.15) is 0 Å². The molecule has 1 aromatic carbocycles. The maximum Gasteiger partial charge on any atom is 0.343 e. The smallest absolute Gasteiger partial charge is 0.308 e. The third-order valence-corrected chi connectivity index (χ3v) is 4.41. The van der Waals surface area contributed by atoms with Crippen molar-refractivity contribution in [2.24, 2.45) is 7.05 Å². The van der Waals surface area contributed by atoms with Crippen LogP contribution >= 0.6 is 23.4 Å². The Kier molecular flexibility index (Phi) is 4.81. The lowest BCUT2D eigenvalue weighted by Gasteiger charge is -2.20. The lowest BCUT2D eigenvalue weighted by atomic mass is 10.1. The van der Waals surface area contributed by atoms with Gasteiger partial charge in [-0.15, -0.1) is 5.10 Å². The van der Waals surface area contributed by atoms with E-state index in [-0.39, 0.29) is 11.2 Å². The van der Waals surface area contributed by atoms with Gasteiger partial charge in [-0.25, -0.2) is 9.89 Å². The monoisotopic (exact) mass is 326 g/mol. The minimum atomic E-state index is -0.236. The van der Waals surface area contributed by atoms with E-state index in [1.54, 1.807) is 7.05 Å². The van der Waals surface area contributed by atoms with Crippen LogP contribution < -0.4 is 11.0 Å². The van der Waals surface area contributed by atoms with Crippen LogP contribution in [-0.2, 0) is 13.6 Å². The molecule has 0 aliphatic rings. The van der Waals surface area contributed by atoms with E-state index in [2.05, 4.69) is 36.3 Å². The second-order valence-corrected chi connectivity index (χ2v) is 7.26. The van der Waals surface area contributed by atoms with Crippen LogP contribution in [0.25, 0.3) is 0 Å². The second kappa shape index (κ2) is 6.25. The number of hydrogen-bond acceptors (Lipinski definition) is 4. The fraction of sp³-hybridized carbons (Fsp3) is 0.429. The predicted molar refractivity (Wildman–Crippen MR) is 86.0 cm³/mol. The molecule has 0 radical (unpaired) electrons. The van der Waals surface area contributed by atoms with E-state index in [0.717, 1.165) is 17.0 Å². The van der Waals surface area contributed by atoms with Crippen LogP contribution in [0, 0.1) is 0 Å². The zero-order valence-corrected chi connectivity index (χ0v) is 14.1. The minimum Gasteiger partial charge on any atom is -0.308 e. The molecule has 0 atom stereocenters. The Balaban J connectivity index is 2.12. The third-order valence-electron chi connectivity index (χ3n) is 2.86. The van der Waals surface area contributed by atoms with Crippen molar-refractivity contribution in [2.45, 2.75) is 42.9 Å². The SMILES string of the molecule is Cn1c(Sc2ccc(CNC(C)(C)C)cc2Cl)n[nH]c1=O. The third kappa shape index (κ3) is 4.36. The minimum absolute atomic E-state index is 0.0627. The van der Waals surface area contributed by atoms with Crippen LogP contribution in [0.2, 0.25) is 5.02 Å². The van der Waals surface area contributed by atoms with Crippen LogP contribution in [0.15, 0.2) is 33.0 Å². The molecule has 7 heteroatoms. The Morgan fingerprint density at radius 2 is 2.14 bits per heavy atom. The molecule has 0 saturated carbocycles. The van der Waals surface area contributed by atoms with Gasteiger partial charge in [0, 0.05) is 24.0 Å². The summed E-state index contributed by atoms with van der Waals surface area (Å²) in [7, 11) is 1.67. The van der Waals surface area contributed by atoms with E-state index in [9.17, 15) is 4.79 Å². The van der Waals surface area contributed by atoms with E-state index in [0.29, 0.717) is 10.2 Å². The summed E-state index contributed by atoms with van der Waals surface area (Å²) in [5, 5.41) is 11.0. The van der Waals surface area contributed by atoms with E-state index in [1.807, 2.05) is 18.2 Å².